The van der Waals surface area contributed by atoms with Gasteiger partial charge in [-0.15, -0.1) is 0 Å². The van der Waals surface area contributed by atoms with Gasteiger partial charge in [0.2, 0.25) is 5.91 Å². The number of rotatable bonds is 7. The third-order valence-corrected chi connectivity index (χ3v) is 4.65. The molecule has 1 saturated carbocycles. The first-order valence-corrected chi connectivity index (χ1v) is 8.24. The van der Waals surface area contributed by atoms with E-state index < -0.39 is 0 Å². The molecule has 1 fully saturated rings. The van der Waals surface area contributed by atoms with E-state index >= 15 is 0 Å². The highest BCUT2D eigenvalue weighted by atomic mass is 35.5. The molecule has 0 aliphatic heterocycles. The average molecular weight is 309 g/mol. The number of hydrogen-bond donors (Lipinski definition) is 0. The molecule has 1 aromatic carbocycles. The normalized spacial score (nSPS) is 16.0. The average Bonchev–Trinajstić information content (AvgIpc) is 3.30. The van der Waals surface area contributed by atoms with Crippen LogP contribution in [-0.4, -0.2) is 41.4 Å². The Morgan fingerprint density at radius 2 is 1.90 bits per heavy atom. The fraction of sp³-hybridized carbons (Fsp3) is 0.588. The van der Waals surface area contributed by atoms with Crippen LogP contribution in [0.2, 0.25) is 5.02 Å². The molecule has 4 heteroatoms. The summed E-state index contributed by atoms with van der Waals surface area (Å²) in [5, 5.41) is 0.783. The van der Waals surface area contributed by atoms with E-state index in [4.69, 9.17) is 11.6 Å². The lowest BCUT2D eigenvalue weighted by molar-refractivity contribution is -0.132. The molecule has 0 N–H and O–H groups in total. The first-order valence-electron chi connectivity index (χ1n) is 7.86. The van der Waals surface area contributed by atoms with Gasteiger partial charge in [0, 0.05) is 30.2 Å². The van der Waals surface area contributed by atoms with Crippen LogP contribution in [-0.2, 0) is 4.79 Å². The first kappa shape index (κ1) is 16.3. The van der Waals surface area contributed by atoms with Crippen molar-refractivity contribution in [2.24, 2.45) is 0 Å². The van der Waals surface area contributed by atoms with Gasteiger partial charge in [-0.05, 0) is 45.2 Å². The maximum atomic E-state index is 12.4. The van der Waals surface area contributed by atoms with Gasteiger partial charge >= 0.3 is 0 Å². The zero-order valence-electron chi connectivity index (χ0n) is 13.2. The smallest absolute Gasteiger partial charge is 0.236 e. The van der Waals surface area contributed by atoms with Gasteiger partial charge in [-0.3, -0.25) is 9.69 Å². The number of nitrogens with zero attached hydrogens (tertiary/aromatic N) is 2. The number of amides is 1. The summed E-state index contributed by atoms with van der Waals surface area (Å²) in [5.41, 5.74) is 1.11. The zero-order chi connectivity index (χ0) is 15.4. The van der Waals surface area contributed by atoms with E-state index in [1.54, 1.807) is 0 Å². The van der Waals surface area contributed by atoms with E-state index in [9.17, 15) is 4.79 Å². The minimum Gasteiger partial charge on any atom is -0.342 e. The second-order valence-electron chi connectivity index (χ2n) is 5.67. The van der Waals surface area contributed by atoms with Crippen molar-refractivity contribution in [2.45, 2.75) is 45.7 Å². The number of halogens is 1. The largest absolute Gasteiger partial charge is 0.342 e. The highest BCUT2D eigenvalue weighted by Gasteiger charge is 2.35. The Hall–Kier alpha value is -1.06. The van der Waals surface area contributed by atoms with Gasteiger partial charge in [0.15, 0.2) is 0 Å². The lowest BCUT2D eigenvalue weighted by Gasteiger charge is -2.31. The molecule has 1 aliphatic rings. The molecular formula is C17H25ClN2O. The molecule has 2 rings (SSSR count). The Morgan fingerprint density at radius 3 is 2.43 bits per heavy atom. The van der Waals surface area contributed by atoms with Crippen LogP contribution in [0.4, 0.5) is 0 Å². The summed E-state index contributed by atoms with van der Waals surface area (Å²) in [6, 6.07) is 8.63. The standard InChI is InChI=1S/C17H25ClN2O/c1-4-19(5-2)17(21)12-20(14-10-11-14)13(3)15-8-6-7-9-16(15)18/h6-9,13-14H,4-5,10-12H2,1-3H3. The van der Waals surface area contributed by atoms with E-state index in [0.717, 1.165) is 23.7 Å². The highest BCUT2D eigenvalue weighted by Crippen LogP contribution is 2.36. The monoisotopic (exact) mass is 308 g/mol. The fourth-order valence-corrected chi connectivity index (χ4v) is 3.11. The molecule has 21 heavy (non-hydrogen) atoms. The van der Waals surface area contributed by atoms with Crippen molar-refractivity contribution in [1.29, 1.82) is 0 Å². The van der Waals surface area contributed by atoms with Gasteiger partial charge in [0.05, 0.1) is 6.54 Å². The van der Waals surface area contributed by atoms with E-state index in [1.807, 2.05) is 36.9 Å². The summed E-state index contributed by atoms with van der Waals surface area (Å²) < 4.78 is 0. The zero-order valence-corrected chi connectivity index (χ0v) is 13.9. The predicted octanol–water partition coefficient (Wildman–Crippen LogP) is 3.73. The van der Waals surface area contributed by atoms with Gasteiger partial charge in [0.25, 0.3) is 0 Å². The first-order chi connectivity index (χ1) is 10.1. The molecule has 1 amide bonds. The van der Waals surface area contributed by atoms with Crippen LogP contribution < -0.4 is 0 Å². The van der Waals surface area contributed by atoms with Crippen LogP contribution in [0.5, 0.6) is 0 Å². The molecule has 0 radical (unpaired) electrons. The Balaban J connectivity index is 2.12. The molecule has 116 valence electrons. The van der Waals surface area contributed by atoms with Gasteiger partial charge < -0.3 is 4.90 Å². The SMILES string of the molecule is CCN(CC)C(=O)CN(C1CC1)C(C)c1ccccc1Cl. The number of benzene rings is 1. The summed E-state index contributed by atoms with van der Waals surface area (Å²) in [6.45, 7) is 8.23. The molecule has 0 heterocycles. The van der Waals surface area contributed by atoms with Crippen molar-refractivity contribution in [3.05, 3.63) is 34.9 Å². The molecule has 0 spiro atoms. The van der Waals surface area contributed by atoms with Gasteiger partial charge in [-0.1, -0.05) is 29.8 Å². The van der Waals surface area contributed by atoms with Crippen molar-refractivity contribution in [2.75, 3.05) is 19.6 Å². The molecule has 0 aromatic heterocycles. The van der Waals surface area contributed by atoms with E-state index in [-0.39, 0.29) is 11.9 Å². The molecule has 1 unspecified atom stereocenters. The lowest BCUT2D eigenvalue weighted by Crippen LogP contribution is -2.42. The Labute approximate surface area is 132 Å². The minimum atomic E-state index is 0.172. The molecule has 1 atom stereocenters. The number of carbonyl (C=O) groups is 1. The van der Waals surface area contributed by atoms with E-state index in [0.29, 0.717) is 12.6 Å². The molecular weight excluding hydrogens is 284 g/mol. The quantitative estimate of drug-likeness (QED) is 0.766. The van der Waals surface area contributed by atoms with Crippen LogP contribution >= 0.6 is 11.6 Å². The second-order valence-corrected chi connectivity index (χ2v) is 6.07. The van der Waals surface area contributed by atoms with Gasteiger partial charge in [-0.25, -0.2) is 0 Å². The lowest BCUT2D eigenvalue weighted by atomic mass is 10.1. The van der Waals surface area contributed by atoms with Crippen LogP contribution in [0.3, 0.4) is 0 Å². The summed E-state index contributed by atoms with van der Waals surface area (Å²) in [6.07, 6.45) is 2.36. The summed E-state index contributed by atoms with van der Waals surface area (Å²) >= 11 is 6.32. The fourth-order valence-electron chi connectivity index (χ4n) is 2.81. The van der Waals surface area contributed by atoms with Crippen molar-refractivity contribution >= 4 is 17.5 Å². The number of carbonyl (C=O) groups excluding carboxylic acids is 1. The number of hydrogen-bond acceptors (Lipinski definition) is 2. The van der Waals surface area contributed by atoms with Gasteiger partial charge in [-0.2, -0.15) is 0 Å². The maximum absolute atomic E-state index is 12.4. The molecule has 3 nitrogen and oxygen atoms in total. The van der Waals surface area contributed by atoms with Gasteiger partial charge in [0.1, 0.15) is 0 Å². The third kappa shape index (κ3) is 3.98. The maximum Gasteiger partial charge on any atom is 0.236 e. The van der Waals surface area contributed by atoms with Crippen molar-refractivity contribution < 1.29 is 4.79 Å². The predicted molar refractivity (Wildman–Crippen MR) is 87.5 cm³/mol. The molecule has 1 aromatic rings. The third-order valence-electron chi connectivity index (χ3n) is 4.30. The van der Waals surface area contributed by atoms with E-state index in [1.165, 1.54) is 12.8 Å². The molecule has 0 saturated heterocycles. The van der Waals surface area contributed by atoms with Crippen LogP contribution in [0.1, 0.15) is 45.2 Å². The summed E-state index contributed by atoms with van der Waals surface area (Å²) in [4.78, 5) is 16.6. The van der Waals surface area contributed by atoms with Crippen molar-refractivity contribution in [3.63, 3.8) is 0 Å². The molecule has 0 bridgehead atoms. The van der Waals surface area contributed by atoms with Crippen molar-refractivity contribution in [3.8, 4) is 0 Å². The Bertz CT molecular complexity index is 483. The number of likely N-dealkylation sites (N-methyl/N-ethyl adjacent to an activating group) is 1. The van der Waals surface area contributed by atoms with Crippen molar-refractivity contribution in [1.82, 2.24) is 9.80 Å². The minimum absolute atomic E-state index is 0.172. The van der Waals surface area contributed by atoms with Crippen LogP contribution in [0, 0.1) is 0 Å². The Kier molecular flexibility index (Phi) is 5.65. The van der Waals surface area contributed by atoms with Crippen LogP contribution in [0.25, 0.3) is 0 Å². The molecule has 1 aliphatic carbocycles. The second kappa shape index (κ2) is 7.28. The van der Waals surface area contributed by atoms with Crippen LogP contribution in [0.15, 0.2) is 24.3 Å². The van der Waals surface area contributed by atoms with E-state index in [2.05, 4.69) is 17.9 Å². The Morgan fingerprint density at radius 1 is 1.29 bits per heavy atom. The topological polar surface area (TPSA) is 23.6 Å². The summed E-state index contributed by atoms with van der Waals surface area (Å²) in [7, 11) is 0. The summed E-state index contributed by atoms with van der Waals surface area (Å²) in [5.74, 6) is 0.214. The highest BCUT2D eigenvalue weighted by molar-refractivity contribution is 6.31.